The van der Waals surface area contributed by atoms with Crippen molar-refractivity contribution in [2.75, 3.05) is 20.3 Å². The van der Waals surface area contributed by atoms with Crippen molar-refractivity contribution in [2.24, 2.45) is 5.10 Å². The van der Waals surface area contributed by atoms with Crippen molar-refractivity contribution in [2.45, 2.75) is 20.5 Å². The molecule has 8 heteroatoms. The number of ether oxygens (including phenoxy) is 4. The first-order valence-corrected chi connectivity index (χ1v) is 11.2. The molecule has 3 aromatic carbocycles. The summed E-state index contributed by atoms with van der Waals surface area (Å²) in [5.74, 6) is 1.84. The second kappa shape index (κ2) is 12.5. The van der Waals surface area contributed by atoms with Gasteiger partial charge in [-0.2, -0.15) is 5.10 Å². The maximum Gasteiger partial charge on any atom is 0.271 e. The first kappa shape index (κ1) is 24.9. The van der Waals surface area contributed by atoms with Crippen molar-refractivity contribution in [3.8, 4) is 23.0 Å². The van der Waals surface area contributed by atoms with Crippen LogP contribution < -0.4 is 24.4 Å². The SMILES string of the molecule is CCOc1ccc(C(=O)N/N=C/c2ccc(OCc3ccccc3Cl)c(OCC)c2)cc1OC. The van der Waals surface area contributed by atoms with Crippen LogP contribution in [0, 0.1) is 0 Å². The highest BCUT2D eigenvalue weighted by molar-refractivity contribution is 6.31. The van der Waals surface area contributed by atoms with E-state index < -0.39 is 0 Å². The van der Waals surface area contributed by atoms with Gasteiger partial charge in [-0.3, -0.25) is 4.79 Å². The summed E-state index contributed by atoms with van der Waals surface area (Å²) < 4.78 is 22.4. The molecule has 0 bridgehead atoms. The van der Waals surface area contributed by atoms with E-state index >= 15 is 0 Å². The van der Waals surface area contributed by atoms with Crippen LogP contribution in [0.3, 0.4) is 0 Å². The number of halogens is 1. The van der Waals surface area contributed by atoms with Gasteiger partial charge in [-0.05, 0) is 61.9 Å². The Labute approximate surface area is 204 Å². The van der Waals surface area contributed by atoms with Crippen molar-refractivity contribution in [3.63, 3.8) is 0 Å². The number of hydrogen-bond donors (Lipinski definition) is 1. The number of methoxy groups -OCH3 is 1. The average molecular weight is 483 g/mol. The summed E-state index contributed by atoms with van der Waals surface area (Å²) in [6.07, 6.45) is 1.53. The molecule has 34 heavy (non-hydrogen) atoms. The third-order valence-corrected chi connectivity index (χ3v) is 5.08. The van der Waals surface area contributed by atoms with Crippen molar-refractivity contribution in [3.05, 3.63) is 82.4 Å². The maximum atomic E-state index is 12.5. The molecule has 0 spiro atoms. The Bertz CT molecular complexity index is 1150. The van der Waals surface area contributed by atoms with Crippen LogP contribution in [0.15, 0.2) is 65.8 Å². The van der Waals surface area contributed by atoms with Gasteiger partial charge in [-0.15, -0.1) is 0 Å². The molecule has 0 aromatic heterocycles. The van der Waals surface area contributed by atoms with E-state index in [0.717, 1.165) is 11.1 Å². The Hall–Kier alpha value is -3.71. The Balaban J connectivity index is 1.66. The summed E-state index contributed by atoms with van der Waals surface area (Å²) in [5.41, 5.74) is 4.53. The van der Waals surface area contributed by atoms with Gasteiger partial charge in [-0.25, -0.2) is 5.43 Å². The van der Waals surface area contributed by atoms with Gasteiger partial charge >= 0.3 is 0 Å². The minimum Gasteiger partial charge on any atom is -0.493 e. The minimum absolute atomic E-state index is 0.314. The van der Waals surface area contributed by atoms with Gasteiger partial charge in [-0.1, -0.05) is 29.8 Å². The molecule has 1 N–H and O–H groups in total. The van der Waals surface area contributed by atoms with E-state index in [2.05, 4.69) is 10.5 Å². The van der Waals surface area contributed by atoms with Gasteiger partial charge in [0.05, 0.1) is 26.5 Å². The number of amides is 1. The summed E-state index contributed by atoms with van der Waals surface area (Å²) in [6, 6.07) is 17.9. The first-order chi connectivity index (χ1) is 16.5. The molecule has 1 amide bonds. The molecule has 3 rings (SSSR count). The molecule has 0 atom stereocenters. The molecule has 0 aliphatic carbocycles. The molecule has 7 nitrogen and oxygen atoms in total. The van der Waals surface area contributed by atoms with Crippen molar-refractivity contribution in [1.29, 1.82) is 0 Å². The van der Waals surface area contributed by atoms with E-state index in [1.807, 2.05) is 44.2 Å². The zero-order chi connectivity index (χ0) is 24.3. The average Bonchev–Trinajstić information content (AvgIpc) is 2.85. The van der Waals surface area contributed by atoms with Crippen LogP contribution in [0.25, 0.3) is 0 Å². The summed E-state index contributed by atoms with van der Waals surface area (Å²) >= 11 is 6.21. The highest BCUT2D eigenvalue weighted by Gasteiger charge is 2.11. The van der Waals surface area contributed by atoms with Crippen LogP contribution in [0.1, 0.15) is 35.3 Å². The Morgan fingerprint density at radius 3 is 2.35 bits per heavy atom. The van der Waals surface area contributed by atoms with E-state index in [4.69, 9.17) is 30.5 Å². The number of hydrazone groups is 1. The van der Waals surface area contributed by atoms with Crippen molar-refractivity contribution >= 4 is 23.7 Å². The van der Waals surface area contributed by atoms with E-state index in [1.165, 1.54) is 13.3 Å². The number of hydrogen-bond acceptors (Lipinski definition) is 6. The molecule has 0 aliphatic rings. The van der Waals surface area contributed by atoms with Gasteiger partial charge in [0.1, 0.15) is 6.61 Å². The second-order valence-electron chi connectivity index (χ2n) is 7.02. The highest BCUT2D eigenvalue weighted by atomic mass is 35.5. The molecular formula is C26H27ClN2O5. The monoisotopic (exact) mass is 482 g/mol. The van der Waals surface area contributed by atoms with Crippen molar-refractivity contribution in [1.82, 2.24) is 5.43 Å². The quantitative estimate of drug-likeness (QED) is 0.289. The number of benzene rings is 3. The molecule has 178 valence electrons. The largest absolute Gasteiger partial charge is 0.493 e. The molecular weight excluding hydrogens is 456 g/mol. The lowest BCUT2D eigenvalue weighted by molar-refractivity contribution is 0.0954. The normalized spacial score (nSPS) is 10.7. The van der Waals surface area contributed by atoms with Crippen LogP contribution in [0.5, 0.6) is 23.0 Å². The maximum absolute atomic E-state index is 12.5. The predicted molar refractivity (Wildman–Crippen MR) is 133 cm³/mol. The minimum atomic E-state index is -0.373. The van der Waals surface area contributed by atoms with Gasteiger partial charge in [0.15, 0.2) is 23.0 Å². The Morgan fingerprint density at radius 2 is 1.62 bits per heavy atom. The number of nitrogens with one attached hydrogen (secondary N) is 1. The molecule has 0 fully saturated rings. The molecule has 0 unspecified atom stereocenters. The number of carbonyl (C=O) groups is 1. The fraction of sp³-hybridized carbons (Fsp3) is 0.231. The van der Waals surface area contributed by atoms with Crippen LogP contribution in [-0.2, 0) is 6.61 Å². The van der Waals surface area contributed by atoms with E-state index in [-0.39, 0.29) is 5.91 Å². The number of nitrogens with zero attached hydrogens (tertiary/aromatic N) is 1. The first-order valence-electron chi connectivity index (χ1n) is 10.8. The standard InChI is InChI=1S/C26H27ClN2O5/c1-4-32-22-13-11-19(15-24(22)31-3)26(30)29-28-16-18-10-12-23(25(14-18)33-5-2)34-17-20-8-6-7-9-21(20)27/h6-16H,4-5,17H2,1-3H3,(H,29,30)/b28-16+. The van der Waals surface area contributed by atoms with Gasteiger partial charge in [0.2, 0.25) is 0 Å². The van der Waals surface area contributed by atoms with Gasteiger partial charge < -0.3 is 18.9 Å². The molecule has 3 aromatic rings. The summed E-state index contributed by atoms with van der Waals surface area (Å²) in [7, 11) is 1.52. The zero-order valence-corrected chi connectivity index (χ0v) is 20.1. The van der Waals surface area contributed by atoms with Gasteiger partial charge in [0.25, 0.3) is 5.91 Å². The molecule has 0 heterocycles. The lowest BCUT2D eigenvalue weighted by Gasteiger charge is -2.13. The van der Waals surface area contributed by atoms with Crippen molar-refractivity contribution < 1.29 is 23.7 Å². The van der Waals surface area contributed by atoms with Crippen LogP contribution >= 0.6 is 11.6 Å². The third kappa shape index (κ3) is 6.65. The molecule has 0 aliphatic heterocycles. The fourth-order valence-corrected chi connectivity index (χ4v) is 3.27. The zero-order valence-electron chi connectivity index (χ0n) is 19.3. The Morgan fingerprint density at radius 1 is 0.912 bits per heavy atom. The Kier molecular flexibility index (Phi) is 9.17. The summed E-state index contributed by atoms with van der Waals surface area (Å²) in [4.78, 5) is 12.5. The molecule has 0 saturated carbocycles. The summed E-state index contributed by atoms with van der Waals surface area (Å²) in [6.45, 7) is 5.06. The predicted octanol–water partition coefficient (Wildman–Crippen LogP) is 5.49. The molecule has 0 radical (unpaired) electrons. The van der Waals surface area contributed by atoms with Gasteiger partial charge in [0, 0.05) is 16.1 Å². The van der Waals surface area contributed by atoms with Crippen LogP contribution in [0.4, 0.5) is 0 Å². The highest BCUT2D eigenvalue weighted by Crippen LogP contribution is 2.30. The fourth-order valence-electron chi connectivity index (χ4n) is 3.08. The van der Waals surface area contributed by atoms with E-state index in [0.29, 0.717) is 53.4 Å². The van der Waals surface area contributed by atoms with E-state index in [9.17, 15) is 4.79 Å². The molecule has 0 saturated heterocycles. The van der Waals surface area contributed by atoms with E-state index in [1.54, 1.807) is 30.3 Å². The topological polar surface area (TPSA) is 78.4 Å². The number of carbonyl (C=O) groups excluding carboxylic acids is 1. The lowest BCUT2D eigenvalue weighted by Crippen LogP contribution is -2.17. The third-order valence-electron chi connectivity index (χ3n) is 4.71. The number of rotatable bonds is 11. The lowest BCUT2D eigenvalue weighted by atomic mass is 10.2. The summed E-state index contributed by atoms with van der Waals surface area (Å²) in [5, 5.41) is 4.70. The van der Waals surface area contributed by atoms with Crippen LogP contribution in [0.2, 0.25) is 5.02 Å². The second-order valence-corrected chi connectivity index (χ2v) is 7.42. The van der Waals surface area contributed by atoms with Crippen LogP contribution in [-0.4, -0.2) is 32.4 Å². The smallest absolute Gasteiger partial charge is 0.271 e.